The number of carbonyl (C=O) groups is 2. The van der Waals surface area contributed by atoms with Gasteiger partial charge in [-0.05, 0) is 48.7 Å². The van der Waals surface area contributed by atoms with E-state index in [4.69, 9.17) is 0 Å². The molecule has 1 aliphatic heterocycles. The van der Waals surface area contributed by atoms with Crippen molar-refractivity contribution < 1.29 is 14.0 Å². The second kappa shape index (κ2) is 6.35. The first-order chi connectivity index (χ1) is 12.0. The van der Waals surface area contributed by atoms with Crippen LogP contribution in [-0.4, -0.2) is 29.3 Å². The maximum atomic E-state index is 13.1. The summed E-state index contributed by atoms with van der Waals surface area (Å²) in [6.07, 6.45) is 2.15. The minimum Gasteiger partial charge on any atom is -0.291 e. The zero-order valence-corrected chi connectivity index (χ0v) is 15.0. The molecule has 0 unspecified atom stereocenters. The number of rotatable bonds is 5. The molecule has 1 heterocycles. The molecule has 4 nitrogen and oxygen atoms in total. The summed E-state index contributed by atoms with van der Waals surface area (Å²) in [7, 11) is 0. The molecule has 25 heavy (non-hydrogen) atoms. The standard InChI is InChI=1S/C19H16BrFN2O2/c20-13-3-8-17-16(9-13)18(24)19(25)23(17)11-22(15-6-7-15)10-12-1-4-14(21)5-2-12/h1-5,8-9,15H,6-7,10-11H2. The average molecular weight is 403 g/mol. The first kappa shape index (κ1) is 16.4. The second-order valence-electron chi connectivity index (χ2n) is 6.47. The minimum atomic E-state index is -0.488. The number of anilines is 1. The molecule has 0 N–H and O–H groups in total. The van der Waals surface area contributed by atoms with E-state index in [1.165, 1.54) is 12.1 Å². The Bertz CT molecular complexity index is 849. The van der Waals surface area contributed by atoms with E-state index in [9.17, 15) is 14.0 Å². The summed E-state index contributed by atoms with van der Waals surface area (Å²) in [5, 5.41) is 0. The number of amides is 1. The van der Waals surface area contributed by atoms with Crippen molar-refractivity contribution in [3.05, 3.63) is 63.9 Å². The maximum absolute atomic E-state index is 13.1. The van der Waals surface area contributed by atoms with Crippen molar-refractivity contribution in [3.8, 4) is 0 Å². The van der Waals surface area contributed by atoms with Crippen molar-refractivity contribution in [1.29, 1.82) is 0 Å². The fourth-order valence-electron chi connectivity index (χ4n) is 3.15. The van der Waals surface area contributed by atoms with Crippen LogP contribution in [0, 0.1) is 5.82 Å². The Labute approximate surface area is 153 Å². The predicted octanol–water partition coefficient (Wildman–Crippen LogP) is 3.74. The number of hydrogen-bond acceptors (Lipinski definition) is 3. The van der Waals surface area contributed by atoms with Crippen LogP contribution in [0.25, 0.3) is 0 Å². The lowest BCUT2D eigenvalue weighted by molar-refractivity contribution is -0.114. The summed E-state index contributed by atoms with van der Waals surface area (Å²) in [4.78, 5) is 28.4. The summed E-state index contributed by atoms with van der Waals surface area (Å²) in [5.74, 6) is -1.21. The van der Waals surface area contributed by atoms with Crippen molar-refractivity contribution in [2.75, 3.05) is 11.6 Å². The van der Waals surface area contributed by atoms with Crippen LogP contribution in [0.5, 0.6) is 0 Å². The SMILES string of the molecule is O=C1C(=O)N(CN(Cc2ccc(F)cc2)C2CC2)c2ccc(Br)cc21. The molecule has 1 fully saturated rings. The van der Waals surface area contributed by atoms with Crippen LogP contribution in [-0.2, 0) is 11.3 Å². The average Bonchev–Trinajstić information content (AvgIpc) is 3.41. The van der Waals surface area contributed by atoms with Gasteiger partial charge in [-0.25, -0.2) is 4.39 Å². The second-order valence-corrected chi connectivity index (χ2v) is 7.39. The molecule has 1 aliphatic carbocycles. The Balaban J connectivity index is 1.58. The molecule has 2 aromatic carbocycles. The summed E-state index contributed by atoms with van der Waals surface area (Å²) >= 11 is 3.34. The number of fused-ring (bicyclic) bond motifs is 1. The molecule has 1 saturated carbocycles. The Hall–Kier alpha value is -2.05. The molecule has 0 atom stereocenters. The molecule has 2 aromatic rings. The van der Waals surface area contributed by atoms with E-state index in [0.29, 0.717) is 30.5 Å². The molecular weight excluding hydrogens is 387 g/mol. The van der Waals surface area contributed by atoms with Crippen molar-refractivity contribution in [1.82, 2.24) is 4.90 Å². The van der Waals surface area contributed by atoms with Gasteiger partial charge in [-0.2, -0.15) is 0 Å². The van der Waals surface area contributed by atoms with Gasteiger partial charge in [0.05, 0.1) is 17.9 Å². The molecule has 0 bridgehead atoms. The molecule has 4 rings (SSSR count). The highest BCUT2D eigenvalue weighted by atomic mass is 79.9. The van der Waals surface area contributed by atoms with Crippen LogP contribution >= 0.6 is 15.9 Å². The third kappa shape index (κ3) is 3.24. The van der Waals surface area contributed by atoms with Crippen LogP contribution < -0.4 is 4.90 Å². The normalized spacial score (nSPS) is 16.7. The fourth-order valence-corrected chi connectivity index (χ4v) is 3.51. The van der Waals surface area contributed by atoms with Crippen molar-refractivity contribution in [3.63, 3.8) is 0 Å². The Kier molecular flexibility index (Phi) is 4.17. The van der Waals surface area contributed by atoms with E-state index < -0.39 is 11.7 Å². The van der Waals surface area contributed by atoms with Gasteiger partial charge in [-0.1, -0.05) is 28.1 Å². The van der Waals surface area contributed by atoms with Gasteiger partial charge in [-0.3, -0.25) is 19.4 Å². The number of carbonyl (C=O) groups excluding carboxylic acids is 2. The summed E-state index contributed by atoms with van der Waals surface area (Å²) < 4.78 is 13.9. The van der Waals surface area contributed by atoms with Crippen molar-refractivity contribution >= 4 is 33.3 Å². The van der Waals surface area contributed by atoms with E-state index in [1.54, 1.807) is 29.2 Å². The van der Waals surface area contributed by atoms with Crippen LogP contribution in [0.3, 0.4) is 0 Å². The van der Waals surface area contributed by atoms with Gasteiger partial charge in [0.25, 0.3) is 5.78 Å². The van der Waals surface area contributed by atoms with Gasteiger partial charge in [0.2, 0.25) is 0 Å². The van der Waals surface area contributed by atoms with Crippen molar-refractivity contribution in [2.24, 2.45) is 0 Å². The highest BCUT2D eigenvalue weighted by Gasteiger charge is 2.39. The van der Waals surface area contributed by atoms with Crippen molar-refractivity contribution in [2.45, 2.75) is 25.4 Å². The summed E-state index contributed by atoms with van der Waals surface area (Å²) in [5.41, 5.74) is 2.09. The number of nitrogens with zero attached hydrogens (tertiary/aromatic N) is 2. The molecule has 0 saturated heterocycles. The molecule has 128 valence electrons. The molecule has 0 aromatic heterocycles. The molecule has 0 spiro atoms. The maximum Gasteiger partial charge on any atom is 0.300 e. The van der Waals surface area contributed by atoms with Crippen LogP contribution in [0.1, 0.15) is 28.8 Å². The van der Waals surface area contributed by atoms with E-state index in [2.05, 4.69) is 20.8 Å². The smallest absolute Gasteiger partial charge is 0.291 e. The lowest BCUT2D eigenvalue weighted by Gasteiger charge is -2.28. The lowest BCUT2D eigenvalue weighted by Crippen LogP contribution is -2.41. The first-order valence-electron chi connectivity index (χ1n) is 8.17. The van der Waals surface area contributed by atoms with Gasteiger partial charge in [0, 0.05) is 17.1 Å². The van der Waals surface area contributed by atoms with E-state index >= 15 is 0 Å². The highest BCUT2D eigenvalue weighted by molar-refractivity contribution is 9.10. The quantitative estimate of drug-likeness (QED) is 0.715. The van der Waals surface area contributed by atoms with Gasteiger partial charge in [0.15, 0.2) is 0 Å². The predicted molar refractivity (Wildman–Crippen MR) is 95.8 cm³/mol. The Morgan fingerprint density at radius 2 is 1.84 bits per heavy atom. The van der Waals surface area contributed by atoms with E-state index in [0.717, 1.165) is 22.9 Å². The van der Waals surface area contributed by atoms with Crippen LogP contribution in [0.15, 0.2) is 46.9 Å². The third-order valence-corrected chi connectivity index (χ3v) is 5.11. The van der Waals surface area contributed by atoms with Gasteiger partial charge in [-0.15, -0.1) is 0 Å². The fraction of sp³-hybridized carbons (Fsp3) is 0.263. The zero-order valence-electron chi connectivity index (χ0n) is 13.4. The highest BCUT2D eigenvalue weighted by Crippen LogP contribution is 2.34. The minimum absolute atomic E-state index is 0.262. The lowest BCUT2D eigenvalue weighted by atomic mass is 10.1. The van der Waals surface area contributed by atoms with E-state index in [-0.39, 0.29) is 5.82 Å². The third-order valence-electron chi connectivity index (χ3n) is 4.62. The molecule has 0 radical (unpaired) electrons. The number of halogens is 2. The summed E-state index contributed by atoms with van der Waals surface area (Å²) in [6, 6.07) is 12.1. The topological polar surface area (TPSA) is 40.6 Å². The van der Waals surface area contributed by atoms with Gasteiger partial charge >= 0.3 is 5.91 Å². The van der Waals surface area contributed by atoms with Gasteiger partial charge < -0.3 is 0 Å². The summed E-state index contributed by atoms with van der Waals surface area (Å²) in [6.45, 7) is 0.982. The van der Waals surface area contributed by atoms with Gasteiger partial charge in [0.1, 0.15) is 5.82 Å². The number of ketones is 1. The number of hydrogen-bond donors (Lipinski definition) is 0. The van der Waals surface area contributed by atoms with Crippen LogP contribution in [0.2, 0.25) is 0 Å². The molecular formula is C19H16BrFN2O2. The number of benzene rings is 2. The molecule has 6 heteroatoms. The monoisotopic (exact) mass is 402 g/mol. The Morgan fingerprint density at radius 3 is 2.52 bits per heavy atom. The first-order valence-corrected chi connectivity index (χ1v) is 8.96. The van der Waals surface area contributed by atoms with E-state index in [1.807, 2.05) is 6.07 Å². The van der Waals surface area contributed by atoms with Crippen LogP contribution in [0.4, 0.5) is 10.1 Å². The molecule has 1 amide bonds. The largest absolute Gasteiger partial charge is 0.300 e. The molecule has 2 aliphatic rings. The number of Topliss-reactive ketones (excluding diaryl/α,β-unsaturated/α-hetero) is 1. The Morgan fingerprint density at radius 1 is 1.12 bits per heavy atom. The zero-order chi connectivity index (χ0) is 17.6.